The Morgan fingerprint density at radius 3 is 2.54 bits per heavy atom. The third kappa shape index (κ3) is 3.55. The second-order valence-corrected chi connectivity index (χ2v) is 7.09. The molecule has 0 atom stereocenters. The molecule has 5 nitrogen and oxygen atoms in total. The maximum Gasteiger partial charge on any atom is 0.317 e. The standard InChI is InChI=1S/C19H27N3O2/c1-14(2)20-19(24)21-12-9-16(10-13-21)18(23)22-11-5-7-15-6-3-4-8-17(15)22/h3-4,6,8,14,16H,5,7,9-13H2,1-2H3,(H,20,24). The minimum atomic E-state index is -0.0146. The van der Waals surface area contributed by atoms with Crippen LogP contribution in [0.15, 0.2) is 24.3 Å². The molecule has 5 heteroatoms. The number of carbonyl (C=O) groups excluding carboxylic acids is 2. The van der Waals surface area contributed by atoms with Crippen molar-refractivity contribution >= 4 is 17.6 Å². The molecule has 0 unspecified atom stereocenters. The maximum absolute atomic E-state index is 13.0. The molecule has 2 aliphatic heterocycles. The quantitative estimate of drug-likeness (QED) is 0.907. The van der Waals surface area contributed by atoms with Crippen molar-refractivity contribution in [3.63, 3.8) is 0 Å². The number of amides is 3. The van der Waals surface area contributed by atoms with E-state index in [9.17, 15) is 9.59 Å². The number of hydrogen-bond acceptors (Lipinski definition) is 2. The fourth-order valence-electron chi connectivity index (χ4n) is 3.65. The van der Waals surface area contributed by atoms with Crippen LogP contribution in [0.25, 0.3) is 0 Å². The fourth-order valence-corrected chi connectivity index (χ4v) is 3.65. The zero-order valence-corrected chi connectivity index (χ0v) is 14.6. The zero-order chi connectivity index (χ0) is 17.1. The van der Waals surface area contributed by atoms with Gasteiger partial charge in [-0.15, -0.1) is 0 Å². The van der Waals surface area contributed by atoms with Crippen LogP contribution < -0.4 is 10.2 Å². The number of anilines is 1. The van der Waals surface area contributed by atoms with E-state index in [2.05, 4.69) is 17.4 Å². The van der Waals surface area contributed by atoms with Crippen LogP contribution in [-0.4, -0.2) is 42.5 Å². The van der Waals surface area contributed by atoms with Crippen LogP contribution in [0.1, 0.15) is 38.7 Å². The summed E-state index contributed by atoms with van der Waals surface area (Å²) < 4.78 is 0. The number of likely N-dealkylation sites (tertiary alicyclic amines) is 1. The molecular weight excluding hydrogens is 302 g/mol. The molecule has 1 aromatic rings. The number of hydrogen-bond donors (Lipinski definition) is 1. The predicted molar refractivity (Wildman–Crippen MR) is 95.1 cm³/mol. The van der Waals surface area contributed by atoms with E-state index in [0.717, 1.165) is 37.9 Å². The minimum Gasteiger partial charge on any atom is -0.336 e. The summed E-state index contributed by atoms with van der Waals surface area (Å²) in [5, 5.41) is 2.92. The Balaban J connectivity index is 1.61. The third-order valence-electron chi connectivity index (χ3n) is 4.92. The van der Waals surface area contributed by atoms with Crippen molar-refractivity contribution in [2.75, 3.05) is 24.5 Å². The number of piperidine rings is 1. The first kappa shape index (κ1) is 16.8. The van der Waals surface area contributed by atoms with Gasteiger partial charge in [0.1, 0.15) is 0 Å². The van der Waals surface area contributed by atoms with Gasteiger partial charge in [0.15, 0.2) is 0 Å². The van der Waals surface area contributed by atoms with Gasteiger partial charge in [0.25, 0.3) is 0 Å². The van der Waals surface area contributed by atoms with Gasteiger partial charge in [0.2, 0.25) is 5.91 Å². The van der Waals surface area contributed by atoms with Gasteiger partial charge in [0, 0.05) is 37.3 Å². The molecule has 1 N–H and O–H groups in total. The van der Waals surface area contributed by atoms with Gasteiger partial charge in [-0.05, 0) is 51.2 Å². The molecule has 3 amide bonds. The zero-order valence-electron chi connectivity index (χ0n) is 14.6. The summed E-state index contributed by atoms with van der Waals surface area (Å²) in [7, 11) is 0. The lowest BCUT2D eigenvalue weighted by Crippen LogP contribution is -2.49. The highest BCUT2D eigenvalue weighted by Gasteiger charge is 2.32. The van der Waals surface area contributed by atoms with Crippen LogP contribution in [0.2, 0.25) is 0 Å². The highest BCUT2D eigenvalue weighted by molar-refractivity contribution is 5.96. The van der Waals surface area contributed by atoms with Crippen LogP contribution in [0.3, 0.4) is 0 Å². The lowest BCUT2D eigenvalue weighted by molar-refractivity contribution is -0.123. The summed E-state index contributed by atoms with van der Waals surface area (Å²) in [6, 6.07) is 8.34. The average Bonchev–Trinajstić information content (AvgIpc) is 2.60. The Labute approximate surface area is 144 Å². The summed E-state index contributed by atoms with van der Waals surface area (Å²) in [6.45, 7) is 6.04. The normalized spacial score (nSPS) is 18.5. The number of rotatable bonds is 2. The SMILES string of the molecule is CC(C)NC(=O)N1CCC(C(=O)N2CCCc3ccccc32)CC1. The summed E-state index contributed by atoms with van der Waals surface area (Å²) in [5.74, 6) is 0.255. The third-order valence-corrected chi connectivity index (χ3v) is 4.92. The van der Waals surface area contributed by atoms with Crippen LogP contribution in [0.4, 0.5) is 10.5 Å². The topological polar surface area (TPSA) is 52.7 Å². The van der Waals surface area contributed by atoms with Gasteiger partial charge in [0.05, 0.1) is 0 Å². The maximum atomic E-state index is 13.0. The molecule has 1 saturated heterocycles. The van der Waals surface area contributed by atoms with Gasteiger partial charge in [-0.1, -0.05) is 18.2 Å². The summed E-state index contributed by atoms with van der Waals surface area (Å²) in [6.07, 6.45) is 3.58. The second kappa shape index (κ2) is 7.24. The van der Waals surface area contributed by atoms with Crippen LogP contribution in [-0.2, 0) is 11.2 Å². The average molecular weight is 329 g/mol. The van der Waals surface area contributed by atoms with Gasteiger partial charge < -0.3 is 15.1 Å². The highest BCUT2D eigenvalue weighted by atomic mass is 16.2. The Kier molecular flexibility index (Phi) is 5.07. The van der Waals surface area contributed by atoms with E-state index < -0.39 is 0 Å². The van der Waals surface area contributed by atoms with Crippen LogP contribution in [0.5, 0.6) is 0 Å². The lowest BCUT2D eigenvalue weighted by atomic mass is 9.93. The van der Waals surface area contributed by atoms with E-state index in [1.54, 1.807) is 0 Å². The number of para-hydroxylation sites is 1. The molecule has 0 bridgehead atoms. The van der Waals surface area contributed by atoms with Gasteiger partial charge in [-0.25, -0.2) is 4.79 Å². The number of nitrogens with one attached hydrogen (secondary N) is 1. The van der Waals surface area contributed by atoms with E-state index in [4.69, 9.17) is 0 Å². The van der Waals surface area contributed by atoms with Gasteiger partial charge in [-0.3, -0.25) is 4.79 Å². The number of benzene rings is 1. The van der Waals surface area contributed by atoms with Crippen LogP contribution in [0, 0.1) is 5.92 Å². The minimum absolute atomic E-state index is 0.0146. The fraction of sp³-hybridized carbons (Fsp3) is 0.579. The highest BCUT2D eigenvalue weighted by Crippen LogP contribution is 2.30. The molecular formula is C19H27N3O2. The lowest BCUT2D eigenvalue weighted by Gasteiger charge is -2.36. The predicted octanol–water partition coefficient (Wildman–Crippen LogP) is 2.80. The van der Waals surface area contributed by atoms with Crippen molar-refractivity contribution in [2.24, 2.45) is 5.92 Å². The molecule has 0 aliphatic carbocycles. The van der Waals surface area contributed by atoms with Gasteiger partial charge >= 0.3 is 6.03 Å². The van der Waals surface area contributed by atoms with Gasteiger partial charge in [-0.2, -0.15) is 0 Å². The molecule has 0 spiro atoms. The molecule has 24 heavy (non-hydrogen) atoms. The molecule has 3 rings (SSSR count). The first-order valence-electron chi connectivity index (χ1n) is 9.01. The summed E-state index contributed by atoms with van der Waals surface area (Å²) in [4.78, 5) is 28.8. The number of carbonyl (C=O) groups is 2. The van der Waals surface area contributed by atoms with Crippen molar-refractivity contribution in [1.29, 1.82) is 0 Å². The van der Waals surface area contributed by atoms with Crippen molar-refractivity contribution in [1.82, 2.24) is 10.2 Å². The Bertz CT molecular complexity index is 606. The Morgan fingerprint density at radius 2 is 1.83 bits per heavy atom. The molecule has 2 heterocycles. The van der Waals surface area contributed by atoms with E-state index in [1.165, 1.54) is 5.56 Å². The molecule has 0 aromatic heterocycles. The summed E-state index contributed by atoms with van der Waals surface area (Å²) >= 11 is 0. The van der Waals surface area contributed by atoms with Crippen molar-refractivity contribution < 1.29 is 9.59 Å². The largest absolute Gasteiger partial charge is 0.336 e. The Morgan fingerprint density at radius 1 is 1.12 bits per heavy atom. The molecule has 0 radical (unpaired) electrons. The smallest absolute Gasteiger partial charge is 0.317 e. The second-order valence-electron chi connectivity index (χ2n) is 7.09. The van der Waals surface area contributed by atoms with E-state index in [-0.39, 0.29) is 23.9 Å². The molecule has 0 saturated carbocycles. The first-order valence-corrected chi connectivity index (χ1v) is 9.01. The summed E-state index contributed by atoms with van der Waals surface area (Å²) in [5.41, 5.74) is 2.35. The number of urea groups is 1. The number of aryl methyl sites for hydroxylation is 1. The molecule has 1 aromatic carbocycles. The number of nitrogens with zero attached hydrogens (tertiary/aromatic N) is 2. The molecule has 1 fully saturated rings. The van der Waals surface area contributed by atoms with Crippen molar-refractivity contribution in [2.45, 2.75) is 45.6 Å². The van der Waals surface area contributed by atoms with Crippen LogP contribution >= 0.6 is 0 Å². The monoisotopic (exact) mass is 329 g/mol. The number of fused-ring (bicyclic) bond motifs is 1. The first-order chi connectivity index (χ1) is 11.6. The molecule has 2 aliphatic rings. The molecule has 130 valence electrons. The van der Waals surface area contributed by atoms with Crippen molar-refractivity contribution in [3.05, 3.63) is 29.8 Å². The van der Waals surface area contributed by atoms with E-state index in [1.807, 2.05) is 35.8 Å². The van der Waals surface area contributed by atoms with E-state index in [0.29, 0.717) is 13.1 Å². The van der Waals surface area contributed by atoms with Crippen molar-refractivity contribution in [3.8, 4) is 0 Å². The Hall–Kier alpha value is -2.04. The van der Waals surface area contributed by atoms with E-state index >= 15 is 0 Å².